The lowest BCUT2D eigenvalue weighted by atomic mass is 10.1. The molecule has 2 heteroatoms. The van der Waals surface area contributed by atoms with Crippen molar-refractivity contribution in [2.24, 2.45) is 0 Å². The second-order valence-electron chi connectivity index (χ2n) is 4.83. The molecule has 2 aromatic rings. The van der Waals surface area contributed by atoms with Gasteiger partial charge < -0.3 is 9.88 Å². The zero-order valence-electron chi connectivity index (χ0n) is 11.5. The Hall–Kier alpha value is -1.54. The Balaban J connectivity index is 2.13. The molecule has 0 saturated heterocycles. The average Bonchev–Trinajstić information content (AvgIpc) is 2.79. The van der Waals surface area contributed by atoms with Crippen LogP contribution in [0.5, 0.6) is 0 Å². The Morgan fingerprint density at radius 3 is 2.67 bits per heavy atom. The van der Waals surface area contributed by atoms with Crippen molar-refractivity contribution in [1.29, 1.82) is 0 Å². The first-order chi connectivity index (χ1) is 8.70. The van der Waals surface area contributed by atoms with E-state index in [1.165, 1.54) is 22.4 Å². The maximum atomic E-state index is 3.38. The smallest absolute Gasteiger partial charge is 0.0473 e. The highest BCUT2D eigenvalue weighted by Crippen LogP contribution is 2.13. The number of nitrogens with zero attached hydrogens (tertiary/aromatic N) is 1. The lowest BCUT2D eigenvalue weighted by Crippen LogP contribution is -2.15. The van der Waals surface area contributed by atoms with Crippen LogP contribution < -0.4 is 5.32 Å². The van der Waals surface area contributed by atoms with E-state index in [1.54, 1.807) is 0 Å². The van der Waals surface area contributed by atoms with Crippen LogP contribution in [0.1, 0.15) is 29.3 Å². The molecule has 0 unspecified atom stereocenters. The number of aryl methyl sites for hydroxylation is 2. The van der Waals surface area contributed by atoms with Gasteiger partial charge in [0.1, 0.15) is 0 Å². The molecule has 1 aromatic carbocycles. The van der Waals surface area contributed by atoms with E-state index in [0.717, 1.165) is 19.6 Å². The van der Waals surface area contributed by atoms with Gasteiger partial charge in [-0.05, 0) is 49.2 Å². The lowest BCUT2D eigenvalue weighted by Gasteiger charge is -2.11. The van der Waals surface area contributed by atoms with Gasteiger partial charge in [0, 0.05) is 25.0 Å². The minimum Gasteiger partial charge on any atom is -0.346 e. The summed E-state index contributed by atoms with van der Waals surface area (Å²) in [5.41, 5.74) is 5.44. The van der Waals surface area contributed by atoms with Crippen LogP contribution in [-0.4, -0.2) is 11.1 Å². The van der Waals surface area contributed by atoms with Crippen LogP contribution in [0, 0.1) is 13.8 Å². The van der Waals surface area contributed by atoms with Gasteiger partial charge in [0.15, 0.2) is 0 Å². The first-order valence-electron chi connectivity index (χ1n) is 6.61. The molecule has 0 atom stereocenters. The molecule has 18 heavy (non-hydrogen) atoms. The molecule has 0 fully saturated rings. The minimum absolute atomic E-state index is 0.939. The summed E-state index contributed by atoms with van der Waals surface area (Å²) in [6.45, 7) is 9.37. The molecule has 0 spiro atoms. The molecule has 2 rings (SSSR count). The van der Waals surface area contributed by atoms with Crippen molar-refractivity contribution in [3.63, 3.8) is 0 Å². The summed E-state index contributed by atoms with van der Waals surface area (Å²) in [4.78, 5) is 0. The molecule has 0 aliphatic carbocycles. The standard InChI is InChI=1S/C16H22N2/c1-4-17-11-16-6-5-9-18(16)12-15-8-7-13(2)14(3)10-15/h5-10,17H,4,11-12H2,1-3H3. The summed E-state index contributed by atoms with van der Waals surface area (Å²) < 4.78 is 2.31. The van der Waals surface area contributed by atoms with E-state index in [4.69, 9.17) is 0 Å². The van der Waals surface area contributed by atoms with Crippen molar-refractivity contribution >= 4 is 0 Å². The average molecular weight is 242 g/mol. The lowest BCUT2D eigenvalue weighted by molar-refractivity contribution is 0.657. The Kier molecular flexibility index (Phi) is 4.21. The summed E-state index contributed by atoms with van der Waals surface area (Å²) >= 11 is 0. The highest BCUT2D eigenvalue weighted by Gasteiger charge is 2.02. The van der Waals surface area contributed by atoms with Crippen molar-refractivity contribution in [3.8, 4) is 0 Å². The summed E-state index contributed by atoms with van der Waals surface area (Å²) in [6, 6.07) is 11.0. The molecule has 0 bridgehead atoms. The predicted molar refractivity (Wildman–Crippen MR) is 76.8 cm³/mol. The second-order valence-corrected chi connectivity index (χ2v) is 4.83. The number of hydrogen-bond acceptors (Lipinski definition) is 1. The van der Waals surface area contributed by atoms with Crippen LogP contribution >= 0.6 is 0 Å². The van der Waals surface area contributed by atoms with Crippen molar-refractivity contribution < 1.29 is 0 Å². The highest BCUT2D eigenvalue weighted by atomic mass is 15.0. The SMILES string of the molecule is CCNCc1cccn1Cc1ccc(C)c(C)c1. The third-order valence-corrected chi connectivity index (χ3v) is 3.40. The number of rotatable bonds is 5. The quantitative estimate of drug-likeness (QED) is 0.851. The summed E-state index contributed by atoms with van der Waals surface area (Å²) in [5.74, 6) is 0. The summed E-state index contributed by atoms with van der Waals surface area (Å²) in [5, 5.41) is 3.38. The van der Waals surface area contributed by atoms with E-state index in [2.05, 4.69) is 67.2 Å². The molecule has 0 radical (unpaired) electrons. The van der Waals surface area contributed by atoms with Crippen LogP contribution in [0.15, 0.2) is 36.5 Å². The van der Waals surface area contributed by atoms with E-state index < -0.39 is 0 Å². The van der Waals surface area contributed by atoms with Gasteiger partial charge in [0.2, 0.25) is 0 Å². The Morgan fingerprint density at radius 1 is 1.11 bits per heavy atom. The van der Waals surface area contributed by atoms with Crippen molar-refractivity contribution in [2.45, 2.75) is 33.9 Å². The van der Waals surface area contributed by atoms with Gasteiger partial charge in [-0.1, -0.05) is 25.1 Å². The molecule has 0 aliphatic rings. The van der Waals surface area contributed by atoms with Crippen molar-refractivity contribution in [1.82, 2.24) is 9.88 Å². The topological polar surface area (TPSA) is 17.0 Å². The third-order valence-electron chi connectivity index (χ3n) is 3.40. The summed E-state index contributed by atoms with van der Waals surface area (Å²) in [6.07, 6.45) is 2.15. The highest BCUT2D eigenvalue weighted by molar-refractivity contribution is 5.30. The second kappa shape index (κ2) is 5.87. The largest absolute Gasteiger partial charge is 0.346 e. The van der Waals surface area contributed by atoms with E-state index in [0.29, 0.717) is 0 Å². The zero-order chi connectivity index (χ0) is 13.0. The van der Waals surface area contributed by atoms with Crippen LogP contribution in [0.4, 0.5) is 0 Å². The van der Waals surface area contributed by atoms with Gasteiger partial charge >= 0.3 is 0 Å². The van der Waals surface area contributed by atoms with Gasteiger partial charge in [-0.3, -0.25) is 0 Å². The number of aromatic nitrogens is 1. The first-order valence-corrected chi connectivity index (χ1v) is 6.61. The predicted octanol–water partition coefficient (Wildman–Crippen LogP) is 3.26. The van der Waals surface area contributed by atoms with Crippen molar-refractivity contribution in [2.75, 3.05) is 6.54 Å². The van der Waals surface area contributed by atoms with E-state index in [1.807, 2.05) is 0 Å². The summed E-state index contributed by atoms with van der Waals surface area (Å²) in [7, 11) is 0. The Labute approximate surface area is 110 Å². The Bertz CT molecular complexity index is 512. The molecule has 1 N–H and O–H groups in total. The molecule has 0 amide bonds. The van der Waals surface area contributed by atoms with Crippen molar-refractivity contribution in [3.05, 3.63) is 58.9 Å². The monoisotopic (exact) mass is 242 g/mol. The number of hydrogen-bond donors (Lipinski definition) is 1. The fourth-order valence-corrected chi connectivity index (χ4v) is 2.12. The van der Waals surface area contributed by atoms with E-state index in [-0.39, 0.29) is 0 Å². The maximum absolute atomic E-state index is 3.38. The molecular formula is C16H22N2. The van der Waals surface area contributed by atoms with Crippen LogP contribution in [-0.2, 0) is 13.1 Å². The molecule has 0 aliphatic heterocycles. The first kappa shape index (κ1) is 12.9. The van der Waals surface area contributed by atoms with Crippen LogP contribution in [0.3, 0.4) is 0 Å². The molecule has 1 heterocycles. The number of nitrogens with one attached hydrogen (secondary N) is 1. The van der Waals surface area contributed by atoms with Gasteiger partial charge in [0.05, 0.1) is 0 Å². The third kappa shape index (κ3) is 3.02. The maximum Gasteiger partial charge on any atom is 0.0473 e. The Morgan fingerprint density at radius 2 is 1.94 bits per heavy atom. The molecule has 2 nitrogen and oxygen atoms in total. The molecular weight excluding hydrogens is 220 g/mol. The van der Waals surface area contributed by atoms with Crippen LogP contribution in [0.25, 0.3) is 0 Å². The molecule has 1 aromatic heterocycles. The van der Waals surface area contributed by atoms with Gasteiger partial charge in [-0.15, -0.1) is 0 Å². The molecule has 0 saturated carbocycles. The minimum atomic E-state index is 0.939. The molecule has 96 valence electrons. The van der Waals surface area contributed by atoms with Gasteiger partial charge in [0.25, 0.3) is 0 Å². The fraction of sp³-hybridized carbons (Fsp3) is 0.375. The normalized spacial score (nSPS) is 10.8. The van der Waals surface area contributed by atoms with Crippen LogP contribution in [0.2, 0.25) is 0 Å². The van der Waals surface area contributed by atoms with E-state index in [9.17, 15) is 0 Å². The number of benzene rings is 1. The van der Waals surface area contributed by atoms with Gasteiger partial charge in [-0.25, -0.2) is 0 Å². The van der Waals surface area contributed by atoms with Gasteiger partial charge in [-0.2, -0.15) is 0 Å². The zero-order valence-corrected chi connectivity index (χ0v) is 11.5. The van der Waals surface area contributed by atoms with E-state index >= 15 is 0 Å². The fourth-order valence-electron chi connectivity index (χ4n) is 2.12.